The van der Waals surface area contributed by atoms with Crippen LogP contribution in [0.2, 0.25) is 0 Å². The van der Waals surface area contributed by atoms with Crippen molar-refractivity contribution in [2.75, 3.05) is 0 Å². The Labute approximate surface area is 129 Å². The van der Waals surface area contributed by atoms with E-state index in [-0.39, 0.29) is 18.0 Å². The predicted molar refractivity (Wildman–Crippen MR) is 81.2 cm³/mol. The third kappa shape index (κ3) is 3.68. The lowest BCUT2D eigenvalue weighted by molar-refractivity contribution is 0.395. The van der Waals surface area contributed by atoms with Crippen molar-refractivity contribution in [2.45, 2.75) is 46.3 Å². The molecule has 0 spiro atoms. The maximum absolute atomic E-state index is 13.5. The summed E-state index contributed by atoms with van der Waals surface area (Å²) in [6.07, 6.45) is 1.70. The fraction of sp³-hybridized carbons (Fsp3) is 0.500. The molecule has 0 aliphatic heterocycles. The molecule has 2 rings (SSSR count). The van der Waals surface area contributed by atoms with Crippen LogP contribution in [-0.2, 0) is 6.54 Å². The minimum atomic E-state index is -0.828. The summed E-state index contributed by atoms with van der Waals surface area (Å²) in [5.41, 5.74) is 0.726. The van der Waals surface area contributed by atoms with Crippen LogP contribution >= 0.6 is 0 Å². The zero-order valence-electron chi connectivity index (χ0n) is 13.3. The summed E-state index contributed by atoms with van der Waals surface area (Å²) < 4.78 is 28.5. The third-order valence-corrected chi connectivity index (χ3v) is 3.65. The van der Waals surface area contributed by atoms with Crippen LogP contribution < -0.4 is 5.32 Å². The zero-order valence-corrected chi connectivity index (χ0v) is 13.3. The standard InChI is InChI=1S/C16H22F2N4/c1-10(2)16(12-5-6-13(17)14(18)7-12)19-8-15-21-20-9-22(15)11(3)4/h5-7,9-11,16,19H,8H2,1-4H3/t16-/m1/s1. The molecule has 1 aromatic heterocycles. The van der Waals surface area contributed by atoms with Gasteiger partial charge >= 0.3 is 0 Å². The summed E-state index contributed by atoms with van der Waals surface area (Å²) in [7, 11) is 0. The number of benzene rings is 1. The van der Waals surface area contributed by atoms with Crippen LogP contribution in [-0.4, -0.2) is 14.8 Å². The Balaban J connectivity index is 2.15. The molecular weight excluding hydrogens is 286 g/mol. The van der Waals surface area contributed by atoms with Gasteiger partial charge in [-0.05, 0) is 37.5 Å². The second-order valence-corrected chi connectivity index (χ2v) is 6.02. The molecule has 0 radical (unpaired) electrons. The molecule has 6 heteroatoms. The van der Waals surface area contributed by atoms with Crippen molar-refractivity contribution in [3.05, 3.63) is 47.5 Å². The highest BCUT2D eigenvalue weighted by Gasteiger charge is 2.18. The van der Waals surface area contributed by atoms with Crippen molar-refractivity contribution < 1.29 is 8.78 Å². The molecule has 0 saturated heterocycles. The van der Waals surface area contributed by atoms with Gasteiger partial charge in [-0.25, -0.2) is 8.78 Å². The van der Waals surface area contributed by atoms with E-state index in [2.05, 4.69) is 29.4 Å². The molecule has 0 fully saturated rings. The topological polar surface area (TPSA) is 42.7 Å². The van der Waals surface area contributed by atoms with E-state index in [1.54, 1.807) is 12.4 Å². The molecule has 1 N–H and O–H groups in total. The number of hydrogen-bond acceptors (Lipinski definition) is 3. The monoisotopic (exact) mass is 308 g/mol. The Morgan fingerprint density at radius 2 is 1.86 bits per heavy atom. The van der Waals surface area contributed by atoms with Crippen molar-refractivity contribution in [3.8, 4) is 0 Å². The summed E-state index contributed by atoms with van der Waals surface area (Å²) in [6.45, 7) is 8.70. The van der Waals surface area contributed by atoms with Gasteiger partial charge in [0.15, 0.2) is 11.6 Å². The van der Waals surface area contributed by atoms with Crippen molar-refractivity contribution in [3.63, 3.8) is 0 Å². The Morgan fingerprint density at radius 1 is 1.14 bits per heavy atom. The van der Waals surface area contributed by atoms with Crippen LogP contribution in [0.1, 0.15) is 51.2 Å². The first-order valence-electron chi connectivity index (χ1n) is 7.47. The van der Waals surface area contributed by atoms with Crippen LogP contribution in [0, 0.1) is 17.6 Å². The van der Waals surface area contributed by atoms with Crippen molar-refractivity contribution in [1.82, 2.24) is 20.1 Å². The minimum Gasteiger partial charge on any atom is -0.314 e. The van der Waals surface area contributed by atoms with Gasteiger partial charge in [0.25, 0.3) is 0 Å². The molecule has 0 amide bonds. The second kappa shape index (κ2) is 6.96. The lowest BCUT2D eigenvalue weighted by Crippen LogP contribution is -2.27. The minimum absolute atomic E-state index is 0.0904. The molecular formula is C16H22F2N4. The average molecular weight is 308 g/mol. The second-order valence-electron chi connectivity index (χ2n) is 6.02. The number of aromatic nitrogens is 3. The van der Waals surface area contributed by atoms with Gasteiger partial charge < -0.3 is 9.88 Å². The molecule has 1 heterocycles. The Hall–Kier alpha value is -1.82. The maximum atomic E-state index is 13.5. The molecule has 4 nitrogen and oxygen atoms in total. The van der Waals surface area contributed by atoms with Gasteiger partial charge in [0, 0.05) is 12.1 Å². The van der Waals surface area contributed by atoms with Gasteiger partial charge in [0.1, 0.15) is 12.2 Å². The van der Waals surface area contributed by atoms with E-state index in [4.69, 9.17) is 0 Å². The van der Waals surface area contributed by atoms with E-state index in [9.17, 15) is 8.78 Å². The fourth-order valence-electron chi connectivity index (χ4n) is 2.47. The van der Waals surface area contributed by atoms with E-state index in [0.29, 0.717) is 6.54 Å². The van der Waals surface area contributed by atoms with Crippen molar-refractivity contribution in [1.29, 1.82) is 0 Å². The van der Waals surface area contributed by atoms with Crippen LogP contribution in [0.15, 0.2) is 24.5 Å². The molecule has 1 atom stereocenters. The molecule has 120 valence electrons. The molecule has 1 aromatic carbocycles. The summed E-state index contributed by atoms with van der Waals surface area (Å²) >= 11 is 0. The highest BCUT2D eigenvalue weighted by atomic mass is 19.2. The highest BCUT2D eigenvalue weighted by Crippen LogP contribution is 2.24. The van der Waals surface area contributed by atoms with E-state index in [1.807, 2.05) is 18.4 Å². The molecule has 0 aliphatic rings. The molecule has 2 aromatic rings. The van der Waals surface area contributed by atoms with Crippen LogP contribution in [0.25, 0.3) is 0 Å². The summed E-state index contributed by atoms with van der Waals surface area (Å²) in [5.74, 6) is -0.607. The number of halogens is 2. The van der Waals surface area contributed by atoms with Gasteiger partial charge in [-0.3, -0.25) is 0 Å². The normalized spacial score (nSPS) is 13.1. The Bertz CT molecular complexity index is 622. The Kier molecular flexibility index (Phi) is 5.24. The van der Waals surface area contributed by atoms with Crippen LogP contribution in [0.3, 0.4) is 0 Å². The first-order chi connectivity index (χ1) is 10.4. The zero-order chi connectivity index (χ0) is 16.3. The summed E-state index contributed by atoms with van der Waals surface area (Å²) in [6, 6.07) is 4.21. The molecule has 22 heavy (non-hydrogen) atoms. The number of hydrogen-bond donors (Lipinski definition) is 1. The highest BCUT2D eigenvalue weighted by molar-refractivity contribution is 5.22. The van der Waals surface area contributed by atoms with Crippen LogP contribution in [0.5, 0.6) is 0 Å². The van der Waals surface area contributed by atoms with Gasteiger partial charge in [0.2, 0.25) is 0 Å². The smallest absolute Gasteiger partial charge is 0.159 e. The average Bonchev–Trinajstić information content (AvgIpc) is 2.91. The van der Waals surface area contributed by atoms with E-state index < -0.39 is 11.6 Å². The summed E-state index contributed by atoms with van der Waals surface area (Å²) in [4.78, 5) is 0. The van der Waals surface area contributed by atoms with Gasteiger partial charge in [-0.2, -0.15) is 0 Å². The van der Waals surface area contributed by atoms with E-state index in [1.165, 1.54) is 12.1 Å². The third-order valence-electron chi connectivity index (χ3n) is 3.65. The predicted octanol–water partition coefficient (Wildman–Crippen LogP) is 3.62. The van der Waals surface area contributed by atoms with Gasteiger partial charge in [-0.1, -0.05) is 19.9 Å². The molecule has 0 unspecified atom stereocenters. The maximum Gasteiger partial charge on any atom is 0.159 e. The first-order valence-corrected chi connectivity index (χ1v) is 7.47. The molecule has 0 aliphatic carbocycles. The fourth-order valence-corrected chi connectivity index (χ4v) is 2.47. The lowest BCUT2D eigenvalue weighted by atomic mass is 9.96. The van der Waals surface area contributed by atoms with Crippen LogP contribution in [0.4, 0.5) is 8.78 Å². The SMILES string of the molecule is CC(C)[C@@H](NCc1nncn1C(C)C)c1ccc(F)c(F)c1. The van der Waals surface area contributed by atoms with Crippen molar-refractivity contribution in [2.24, 2.45) is 5.92 Å². The first kappa shape index (κ1) is 16.5. The largest absolute Gasteiger partial charge is 0.314 e. The molecule has 0 bridgehead atoms. The quantitative estimate of drug-likeness (QED) is 0.886. The van der Waals surface area contributed by atoms with Gasteiger partial charge in [0.05, 0.1) is 6.54 Å². The number of rotatable bonds is 6. The summed E-state index contributed by atoms with van der Waals surface area (Å²) in [5, 5.41) is 11.4. The van der Waals surface area contributed by atoms with Gasteiger partial charge in [-0.15, -0.1) is 10.2 Å². The number of nitrogens with zero attached hydrogens (tertiary/aromatic N) is 3. The Morgan fingerprint density at radius 3 is 2.45 bits per heavy atom. The van der Waals surface area contributed by atoms with E-state index in [0.717, 1.165) is 11.4 Å². The number of nitrogens with one attached hydrogen (secondary N) is 1. The van der Waals surface area contributed by atoms with E-state index >= 15 is 0 Å². The van der Waals surface area contributed by atoms with Crippen molar-refractivity contribution >= 4 is 0 Å². The molecule has 0 saturated carbocycles. The lowest BCUT2D eigenvalue weighted by Gasteiger charge is -2.23.